The molecule has 1 fully saturated rings. The Labute approximate surface area is 181 Å². The Morgan fingerprint density at radius 1 is 0.935 bits per heavy atom. The van der Waals surface area contributed by atoms with E-state index >= 15 is 0 Å². The van der Waals surface area contributed by atoms with Crippen LogP contribution < -0.4 is 4.72 Å². The van der Waals surface area contributed by atoms with E-state index in [0.717, 1.165) is 62.5 Å². The van der Waals surface area contributed by atoms with Gasteiger partial charge < -0.3 is 4.90 Å². The third-order valence-electron chi connectivity index (χ3n) is 5.52. The molecule has 0 bridgehead atoms. The molecule has 0 unspecified atom stereocenters. The smallest absolute Gasteiger partial charge is 0.301 e. The van der Waals surface area contributed by atoms with Gasteiger partial charge in [0, 0.05) is 39.3 Å². The van der Waals surface area contributed by atoms with Crippen LogP contribution in [0, 0.1) is 0 Å². The molecule has 2 aromatic rings. The summed E-state index contributed by atoms with van der Waals surface area (Å²) in [4.78, 5) is 4.74. The Morgan fingerprint density at radius 2 is 1.58 bits per heavy atom. The Hall–Kier alpha value is -1.94. The molecule has 0 radical (unpaired) electrons. The Kier molecular flexibility index (Phi) is 7.74. The summed E-state index contributed by atoms with van der Waals surface area (Å²) in [6.07, 6.45) is -4.51. The number of likely N-dealkylation sites (N-methyl/N-ethyl adjacent to an activating group) is 1. The van der Waals surface area contributed by atoms with Crippen molar-refractivity contribution in [1.82, 2.24) is 14.5 Å². The van der Waals surface area contributed by atoms with Crippen LogP contribution in [0.1, 0.15) is 29.2 Å². The molecule has 0 aliphatic carbocycles. The van der Waals surface area contributed by atoms with Crippen LogP contribution in [0.4, 0.5) is 13.2 Å². The molecule has 0 spiro atoms. The molecule has 3 rings (SSSR count). The zero-order valence-electron chi connectivity index (χ0n) is 17.5. The van der Waals surface area contributed by atoms with E-state index in [-0.39, 0.29) is 12.1 Å². The summed E-state index contributed by atoms with van der Waals surface area (Å²) in [6.45, 7) is 7.99. The third kappa shape index (κ3) is 7.03. The van der Waals surface area contributed by atoms with Crippen molar-refractivity contribution >= 4 is 10.0 Å². The van der Waals surface area contributed by atoms with Crippen LogP contribution in [-0.4, -0.2) is 50.9 Å². The Bertz CT molecular complexity index is 972. The number of hydrogen-bond acceptors (Lipinski definition) is 4. The standard InChI is InChI=1S/C22H28F3N3O2S/c1-2-27-10-12-28(13-11-27)16-20-8-4-3-7-19(20)15-26-31(29,30)17-18-6-5-9-21(14-18)22(23,24)25/h3-9,14,26H,2,10-13,15-17H2,1H3. The van der Waals surface area contributed by atoms with Gasteiger partial charge in [0.1, 0.15) is 0 Å². The second-order valence-corrected chi connectivity index (χ2v) is 9.56. The van der Waals surface area contributed by atoms with Crippen molar-refractivity contribution in [2.45, 2.75) is 31.9 Å². The van der Waals surface area contributed by atoms with E-state index in [1.54, 1.807) is 0 Å². The first-order chi connectivity index (χ1) is 14.7. The molecular formula is C22H28F3N3O2S. The van der Waals surface area contributed by atoms with E-state index in [1.165, 1.54) is 12.1 Å². The van der Waals surface area contributed by atoms with E-state index < -0.39 is 27.5 Å². The van der Waals surface area contributed by atoms with Crippen LogP contribution in [0.5, 0.6) is 0 Å². The highest BCUT2D eigenvalue weighted by Gasteiger charge is 2.30. The first-order valence-electron chi connectivity index (χ1n) is 10.3. The molecule has 5 nitrogen and oxygen atoms in total. The van der Waals surface area contributed by atoms with Gasteiger partial charge in [0.15, 0.2) is 0 Å². The molecular weight excluding hydrogens is 427 g/mol. The average molecular weight is 456 g/mol. The minimum absolute atomic E-state index is 0.101. The van der Waals surface area contributed by atoms with Gasteiger partial charge in [-0.15, -0.1) is 0 Å². The molecule has 0 amide bonds. The second-order valence-electron chi connectivity index (χ2n) is 7.76. The van der Waals surface area contributed by atoms with Gasteiger partial charge in [0.2, 0.25) is 10.0 Å². The van der Waals surface area contributed by atoms with E-state index in [9.17, 15) is 21.6 Å². The largest absolute Gasteiger partial charge is 0.416 e. The lowest BCUT2D eigenvalue weighted by Crippen LogP contribution is -2.45. The van der Waals surface area contributed by atoms with Gasteiger partial charge in [-0.1, -0.05) is 49.4 Å². The molecule has 1 heterocycles. The SMILES string of the molecule is CCN1CCN(Cc2ccccc2CNS(=O)(=O)Cc2cccc(C(F)(F)F)c2)CC1. The molecule has 1 saturated heterocycles. The summed E-state index contributed by atoms with van der Waals surface area (Å²) in [5.74, 6) is -0.502. The molecule has 31 heavy (non-hydrogen) atoms. The van der Waals surface area contributed by atoms with Crippen LogP contribution in [0.2, 0.25) is 0 Å². The van der Waals surface area contributed by atoms with Crippen LogP contribution in [-0.2, 0) is 35.0 Å². The topological polar surface area (TPSA) is 52.6 Å². The summed E-state index contributed by atoms with van der Waals surface area (Å²) in [7, 11) is -3.79. The zero-order chi connectivity index (χ0) is 22.5. The lowest BCUT2D eigenvalue weighted by atomic mass is 10.1. The fraction of sp³-hybridized carbons (Fsp3) is 0.455. The van der Waals surface area contributed by atoms with Crippen LogP contribution in [0.15, 0.2) is 48.5 Å². The number of benzene rings is 2. The first-order valence-corrected chi connectivity index (χ1v) is 12.0. The van der Waals surface area contributed by atoms with E-state index in [4.69, 9.17) is 0 Å². The quantitative estimate of drug-likeness (QED) is 0.663. The number of nitrogens with one attached hydrogen (secondary N) is 1. The molecule has 1 aliphatic rings. The molecule has 1 aliphatic heterocycles. The third-order valence-corrected chi connectivity index (χ3v) is 6.82. The summed E-state index contributed by atoms with van der Waals surface area (Å²) < 4.78 is 66.2. The highest BCUT2D eigenvalue weighted by atomic mass is 32.2. The Balaban J connectivity index is 1.62. The maximum absolute atomic E-state index is 12.9. The van der Waals surface area contributed by atoms with Gasteiger partial charge >= 0.3 is 6.18 Å². The number of nitrogens with zero attached hydrogens (tertiary/aromatic N) is 2. The van der Waals surface area contributed by atoms with Crippen molar-refractivity contribution in [3.8, 4) is 0 Å². The first kappa shape index (κ1) is 23.7. The lowest BCUT2D eigenvalue weighted by Gasteiger charge is -2.34. The van der Waals surface area contributed by atoms with Crippen LogP contribution in [0.3, 0.4) is 0 Å². The summed E-state index contributed by atoms with van der Waals surface area (Å²) in [6, 6.07) is 12.1. The molecule has 2 aromatic carbocycles. The predicted octanol–water partition coefficient (Wildman–Crippen LogP) is 3.46. The highest BCUT2D eigenvalue weighted by Crippen LogP contribution is 2.29. The molecule has 0 aromatic heterocycles. The number of rotatable bonds is 8. The maximum Gasteiger partial charge on any atom is 0.416 e. The fourth-order valence-corrected chi connectivity index (χ4v) is 4.78. The van der Waals surface area contributed by atoms with Gasteiger partial charge in [-0.2, -0.15) is 13.2 Å². The normalized spacial score (nSPS) is 16.5. The number of hydrogen-bond donors (Lipinski definition) is 1. The van der Waals surface area contributed by atoms with Crippen LogP contribution in [0.25, 0.3) is 0 Å². The second kappa shape index (κ2) is 10.1. The van der Waals surface area contributed by atoms with Gasteiger partial charge in [-0.05, 0) is 29.3 Å². The minimum atomic E-state index is -4.51. The fourth-order valence-electron chi connectivity index (χ4n) is 3.68. The van der Waals surface area contributed by atoms with Crippen molar-refractivity contribution in [3.05, 3.63) is 70.8 Å². The minimum Gasteiger partial charge on any atom is -0.301 e. The molecule has 1 N–H and O–H groups in total. The highest BCUT2D eigenvalue weighted by molar-refractivity contribution is 7.88. The number of alkyl halides is 3. The summed E-state index contributed by atoms with van der Waals surface area (Å²) in [5, 5.41) is 0. The molecule has 9 heteroatoms. The van der Waals surface area contributed by atoms with Gasteiger partial charge in [-0.25, -0.2) is 13.1 Å². The van der Waals surface area contributed by atoms with E-state index in [2.05, 4.69) is 21.4 Å². The summed E-state index contributed by atoms with van der Waals surface area (Å²) in [5.41, 5.74) is 1.17. The number of piperazine rings is 1. The van der Waals surface area contributed by atoms with Gasteiger partial charge in [0.25, 0.3) is 0 Å². The maximum atomic E-state index is 12.9. The van der Waals surface area contributed by atoms with Crippen molar-refractivity contribution < 1.29 is 21.6 Å². The van der Waals surface area contributed by atoms with E-state index in [0.29, 0.717) is 0 Å². The van der Waals surface area contributed by atoms with Crippen LogP contribution >= 0.6 is 0 Å². The lowest BCUT2D eigenvalue weighted by molar-refractivity contribution is -0.137. The van der Waals surface area contributed by atoms with Gasteiger partial charge in [-0.3, -0.25) is 4.90 Å². The van der Waals surface area contributed by atoms with E-state index in [1.807, 2.05) is 24.3 Å². The number of halogens is 3. The monoisotopic (exact) mass is 455 g/mol. The zero-order valence-corrected chi connectivity index (χ0v) is 18.3. The summed E-state index contributed by atoms with van der Waals surface area (Å²) >= 11 is 0. The molecule has 0 saturated carbocycles. The van der Waals surface area contributed by atoms with Crippen molar-refractivity contribution in [2.24, 2.45) is 0 Å². The predicted molar refractivity (Wildman–Crippen MR) is 115 cm³/mol. The van der Waals surface area contributed by atoms with Crippen molar-refractivity contribution in [1.29, 1.82) is 0 Å². The van der Waals surface area contributed by atoms with Gasteiger partial charge in [0.05, 0.1) is 11.3 Å². The molecule has 0 atom stereocenters. The van der Waals surface area contributed by atoms with Crippen molar-refractivity contribution in [2.75, 3.05) is 32.7 Å². The Morgan fingerprint density at radius 3 is 2.23 bits per heavy atom. The van der Waals surface area contributed by atoms with Crippen molar-refractivity contribution in [3.63, 3.8) is 0 Å². The average Bonchev–Trinajstić information content (AvgIpc) is 2.73. The number of sulfonamides is 1. The molecule has 170 valence electrons.